The van der Waals surface area contributed by atoms with E-state index in [9.17, 15) is 0 Å². The first-order valence-corrected chi connectivity index (χ1v) is 4.33. The van der Waals surface area contributed by atoms with Crippen LogP contribution in [0.2, 0.25) is 0 Å². The van der Waals surface area contributed by atoms with Crippen LogP contribution in [0.15, 0.2) is 0 Å². The van der Waals surface area contributed by atoms with Crippen LogP contribution < -0.4 is 0 Å². The Kier molecular flexibility index (Phi) is 2.11. The van der Waals surface area contributed by atoms with Crippen LogP contribution in [0, 0.1) is 0 Å². The number of nitrogens with zero attached hydrogens (tertiary/aromatic N) is 1. The lowest BCUT2D eigenvalue weighted by atomic mass is 10.1. The monoisotopic (exact) mass is 157 g/mol. The number of hydrogen-bond donors (Lipinski definition) is 0. The molecule has 2 rings (SSSR count). The summed E-state index contributed by atoms with van der Waals surface area (Å²) < 4.78 is 10.9. The minimum Gasteiger partial charge on any atom is -0.378 e. The highest BCUT2D eigenvalue weighted by atomic mass is 16.5. The Labute approximate surface area is 67.3 Å². The minimum absolute atomic E-state index is 0.521. The van der Waals surface area contributed by atoms with Crippen molar-refractivity contribution in [2.75, 3.05) is 33.0 Å². The maximum Gasteiger partial charge on any atom is 0.0645 e. The average Bonchev–Trinajstić information content (AvgIpc) is 2.03. The molecule has 0 aromatic rings. The molecule has 0 saturated carbocycles. The molecule has 11 heavy (non-hydrogen) atoms. The van der Waals surface area contributed by atoms with Crippen LogP contribution in [-0.2, 0) is 9.47 Å². The lowest BCUT2D eigenvalue weighted by Crippen LogP contribution is -2.59. The molecular weight excluding hydrogens is 142 g/mol. The van der Waals surface area contributed by atoms with Crippen LogP contribution in [0.4, 0.5) is 0 Å². The summed E-state index contributed by atoms with van der Waals surface area (Å²) >= 11 is 0. The molecule has 2 fully saturated rings. The fraction of sp³-hybridized carbons (Fsp3) is 1.00. The van der Waals surface area contributed by atoms with Crippen molar-refractivity contribution in [1.82, 2.24) is 4.90 Å². The van der Waals surface area contributed by atoms with Gasteiger partial charge in [0.15, 0.2) is 0 Å². The van der Waals surface area contributed by atoms with Crippen LogP contribution in [0.25, 0.3) is 0 Å². The Morgan fingerprint density at radius 2 is 1.55 bits per heavy atom. The smallest absolute Gasteiger partial charge is 0.0645 e. The second-order valence-corrected chi connectivity index (χ2v) is 3.21. The van der Waals surface area contributed by atoms with Crippen LogP contribution in [0.1, 0.15) is 6.92 Å². The first-order valence-electron chi connectivity index (χ1n) is 4.33. The molecular formula is C8H15NO2. The first kappa shape index (κ1) is 7.53. The lowest BCUT2D eigenvalue weighted by Gasteiger charge is -2.44. The van der Waals surface area contributed by atoms with Crippen molar-refractivity contribution in [3.05, 3.63) is 0 Å². The normalized spacial score (nSPS) is 39.0. The second kappa shape index (κ2) is 3.09. The van der Waals surface area contributed by atoms with Gasteiger partial charge in [0.25, 0.3) is 0 Å². The van der Waals surface area contributed by atoms with Crippen molar-refractivity contribution in [1.29, 1.82) is 0 Å². The fourth-order valence-electron chi connectivity index (χ4n) is 1.97. The van der Waals surface area contributed by atoms with E-state index in [2.05, 4.69) is 11.8 Å². The molecule has 2 bridgehead atoms. The quantitative estimate of drug-likeness (QED) is 0.539. The Bertz CT molecular complexity index is 118. The van der Waals surface area contributed by atoms with Gasteiger partial charge in [0.2, 0.25) is 0 Å². The molecule has 2 aliphatic rings. The maximum absolute atomic E-state index is 5.45. The summed E-state index contributed by atoms with van der Waals surface area (Å²) in [5.74, 6) is 0. The average molecular weight is 157 g/mol. The number of likely N-dealkylation sites (N-methyl/N-ethyl adjacent to an activating group) is 1. The molecule has 3 heteroatoms. The van der Waals surface area contributed by atoms with Gasteiger partial charge in [-0.3, -0.25) is 4.90 Å². The van der Waals surface area contributed by atoms with E-state index in [0.717, 1.165) is 33.0 Å². The van der Waals surface area contributed by atoms with Gasteiger partial charge in [0.05, 0.1) is 38.5 Å². The van der Waals surface area contributed by atoms with Crippen LogP contribution in [0.3, 0.4) is 0 Å². The van der Waals surface area contributed by atoms with Crippen LogP contribution >= 0.6 is 0 Å². The van der Waals surface area contributed by atoms with Gasteiger partial charge in [-0.1, -0.05) is 6.92 Å². The predicted octanol–water partition coefficient (Wildman–Crippen LogP) is 0.106. The highest BCUT2D eigenvalue weighted by Gasteiger charge is 2.33. The summed E-state index contributed by atoms with van der Waals surface area (Å²) in [6.45, 7) is 6.74. The van der Waals surface area contributed by atoms with Crippen LogP contribution in [0.5, 0.6) is 0 Å². The third kappa shape index (κ3) is 1.28. The highest BCUT2D eigenvalue weighted by molar-refractivity contribution is 4.85. The number of morpholine rings is 2. The van der Waals surface area contributed by atoms with Gasteiger partial charge in [0.1, 0.15) is 0 Å². The van der Waals surface area contributed by atoms with E-state index < -0.39 is 0 Å². The third-order valence-corrected chi connectivity index (χ3v) is 2.54. The Hall–Kier alpha value is -0.120. The summed E-state index contributed by atoms with van der Waals surface area (Å²) in [5.41, 5.74) is 0. The molecule has 0 atom stereocenters. The van der Waals surface area contributed by atoms with Gasteiger partial charge in [0, 0.05) is 0 Å². The van der Waals surface area contributed by atoms with E-state index in [1.165, 1.54) is 0 Å². The molecule has 0 N–H and O–H groups in total. The second-order valence-electron chi connectivity index (χ2n) is 3.21. The highest BCUT2D eigenvalue weighted by Crippen LogP contribution is 2.18. The van der Waals surface area contributed by atoms with Crippen molar-refractivity contribution in [3.63, 3.8) is 0 Å². The van der Waals surface area contributed by atoms with E-state index in [4.69, 9.17) is 9.47 Å². The standard InChI is InChI=1S/C8H15NO2/c1-2-9-7-3-10-5-8(9)6-11-4-7/h7-8H,2-6H2,1H3. The molecule has 0 aromatic carbocycles. The van der Waals surface area contributed by atoms with Crippen molar-refractivity contribution < 1.29 is 9.47 Å². The summed E-state index contributed by atoms with van der Waals surface area (Å²) in [4.78, 5) is 2.49. The van der Waals surface area contributed by atoms with Gasteiger partial charge in [-0.2, -0.15) is 0 Å². The summed E-state index contributed by atoms with van der Waals surface area (Å²) in [6.07, 6.45) is 0. The first-order chi connectivity index (χ1) is 5.42. The Morgan fingerprint density at radius 3 is 1.82 bits per heavy atom. The van der Waals surface area contributed by atoms with Crippen molar-refractivity contribution in [2.24, 2.45) is 0 Å². The molecule has 2 aliphatic heterocycles. The maximum atomic E-state index is 5.45. The minimum atomic E-state index is 0.521. The Balaban J connectivity index is 2.04. The summed E-state index contributed by atoms with van der Waals surface area (Å²) in [5, 5.41) is 0. The zero-order chi connectivity index (χ0) is 7.68. The lowest BCUT2D eigenvalue weighted by molar-refractivity contribution is -0.135. The molecule has 0 spiro atoms. The molecule has 0 amide bonds. The van der Waals surface area contributed by atoms with E-state index in [0.29, 0.717) is 12.1 Å². The van der Waals surface area contributed by atoms with Gasteiger partial charge < -0.3 is 9.47 Å². The fourth-order valence-corrected chi connectivity index (χ4v) is 1.97. The molecule has 2 heterocycles. The molecule has 2 saturated heterocycles. The van der Waals surface area contributed by atoms with Crippen molar-refractivity contribution in [3.8, 4) is 0 Å². The van der Waals surface area contributed by atoms with Gasteiger partial charge >= 0.3 is 0 Å². The van der Waals surface area contributed by atoms with Crippen molar-refractivity contribution >= 4 is 0 Å². The van der Waals surface area contributed by atoms with Gasteiger partial charge in [-0.15, -0.1) is 0 Å². The van der Waals surface area contributed by atoms with E-state index >= 15 is 0 Å². The molecule has 64 valence electrons. The number of ether oxygens (including phenoxy) is 2. The topological polar surface area (TPSA) is 21.7 Å². The van der Waals surface area contributed by atoms with Gasteiger partial charge in [-0.05, 0) is 6.54 Å². The van der Waals surface area contributed by atoms with E-state index in [1.807, 2.05) is 0 Å². The van der Waals surface area contributed by atoms with E-state index in [1.54, 1.807) is 0 Å². The largest absolute Gasteiger partial charge is 0.378 e. The number of rotatable bonds is 1. The zero-order valence-electron chi connectivity index (χ0n) is 6.95. The molecule has 0 aromatic heterocycles. The van der Waals surface area contributed by atoms with Gasteiger partial charge in [-0.25, -0.2) is 0 Å². The predicted molar refractivity (Wildman–Crippen MR) is 41.6 cm³/mol. The number of hydrogen-bond acceptors (Lipinski definition) is 3. The third-order valence-electron chi connectivity index (χ3n) is 2.54. The Morgan fingerprint density at radius 1 is 1.09 bits per heavy atom. The van der Waals surface area contributed by atoms with E-state index in [-0.39, 0.29) is 0 Å². The summed E-state index contributed by atoms with van der Waals surface area (Å²) in [6, 6.07) is 1.04. The SMILES string of the molecule is CCN1C2COCC1COC2. The summed E-state index contributed by atoms with van der Waals surface area (Å²) in [7, 11) is 0. The molecule has 0 unspecified atom stereocenters. The molecule has 3 nitrogen and oxygen atoms in total. The van der Waals surface area contributed by atoms with Crippen molar-refractivity contribution in [2.45, 2.75) is 19.0 Å². The van der Waals surface area contributed by atoms with Crippen LogP contribution in [-0.4, -0.2) is 50.0 Å². The molecule has 0 radical (unpaired) electrons. The molecule has 0 aliphatic carbocycles. The zero-order valence-corrected chi connectivity index (χ0v) is 6.95. The number of fused-ring (bicyclic) bond motifs is 2.